The van der Waals surface area contributed by atoms with Crippen LogP contribution in [-0.4, -0.2) is 36.0 Å². The average Bonchev–Trinajstić information content (AvgIpc) is 2.98. The lowest BCUT2D eigenvalue weighted by Crippen LogP contribution is -2.17. The standard InChI is InChI=1S/C13H8ClNO6S2/c14-7-1-3-8(4-2-7)23(20,21)13-15-9(6-22-13)10(16)5-11(17)12(18)19/h1-4,6H,5H2,(H,18,19). The summed E-state index contributed by atoms with van der Waals surface area (Å²) in [5, 5.41) is 9.99. The highest BCUT2D eigenvalue weighted by Crippen LogP contribution is 2.25. The minimum atomic E-state index is -3.92. The van der Waals surface area contributed by atoms with Crippen LogP contribution in [0.2, 0.25) is 5.02 Å². The van der Waals surface area contributed by atoms with Crippen molar-refractivity contribution < 1.29 is 27.9 Å². The van der Waals surface area contributed by atoms with Crippen molar-refractivity contribution in [3.8, 4) is 0 Å². The summed E-state index contributed by atoms with van der Waals surface area (Å²) in [6.45, 7) is 0. The predicted molar refractivity (Wildman–Crippen MR) is 80.6 cm³/mol. The number of halogens is 1. The Balaban J connectivity index is 2.28. The molecule has 0 saturated heterocycles. The topological polar surface area (TPSA) is 118 Å². The van der Waals surface area contributed by atoms with Gasteiger partial charge in [0.2, 0.25) is 20.0 Å². The van der Waals surface area contributed by atoms with Gasteiger partial charge in [0.15, 0.2) is 5.78 Å². The van der Waals surface area contributed by atoms with Gasteiger partial charge in [0, 0.05) is 10.4 Å². The Morgan fingerprint density at radius 3 is 2.35 bits per heavy atom. The van der Waals surface area contributed by atoms with Crippen molar-refractivity contribution in [2.24, 2.45) is 0 Å². The van der Waals surface area contributed by atoms with Crippen LogP contribution in [0.5, 0.6) is 0 Å². The fourth-order valence-electron chi connectivity index (χ4n) is 1.54. The molecule has 2 rings (SSSR count). The van der Waals surface area contributed by atoms with Crippen molar-refractivity contribution in [3.63, 3.8) is 0 Å². The van der Waals surface area contributed by atoms with Crippen molar-refractivity contribution in [2.45, 2.75) is 15.7 Å². The number of rotatable bonds is 6. The van der Waals surface area contributed by atoms with Gasteiger partial charge < -0.3 is 5.11 Å². The van der Waals surface area contributed by atoms with E-state index in [9.17, 15) is 22.8 Å². The zero-order valence-electron chi connectivity index (χ0n) is 11.2. The molecule has 0 unspecified atom stereocenters. The second kappa shape index (κ2) is 6.57. The molecule has 0 fully saturated rings. The van der Waals surface area contributed by atoms with Crippen molar-refractivity contribution >= 4 is 50.3 Å². The van der Waals surface area contributed by atoms with E-state index >= 15 is 0 Å². The minimum Gasteiger partial charge on any atom is -0.475 e. The number of ketones is 2. The number of hydrogen-bond donors (Lipinski definition) is 1. The van der Waals surface area contributed by atoms with E-state index < -0.39 is 33.8 Å². The SMILES string of the molecule is O=C(O)C(=O)CC(=O)c1csc(S(=O)(=O)c2ccc(Cl)cc2)n1. The molecule has 0 atom stereocenters. The van der Waals surface area contributed by atoms with Crippen LogP contribution >= 0.6 is 22.9 Å². The van der Waals surface area contributed by atoms with E-state index in [-0.39, 0.29) is 14.9 Å². The largest absolute Gasteiger partial charge is 0.475 e. The first-order valence-electron chi connectivity index (χ1n) is 5.97. The fourth-order valence-corrected chi connectivity index (χ4v) is 4.06. The van der Waals surface area contributed by atoms with Crippen molar-refractivity contribution in [2.75, 3.05) is 0 Å². The number of carboxylic acid groups (broad SMARTS) is 1. The van der Waals surface area contributed by atoms with Gasteiger partial charge in [0.05, 0.1) is 11.3 Å². The summed E-state index contributed by atoms with van der Waals surface area (Å²) in [7, 11) is -3.92. The van der Waals surface area contributed by atoms with Gasteiger partial charge in [-0.3, -0.25) is 9.59 Å². The first-order chi connectivity index (χ1) is 10.7. The van der Waals surface area contributed by atoms with E-state index in [2.05, 4.69) is 4.98 Å². The van der Waals surface area contributed by atoms with E-state index in [1.807, 2.05) is 0 Å². The molecule has 120 valence electrons. The van der Waals surface area contributed by atoms with Gasteiger partial charge in [0.25, 0.3) is 0 Å². The molecule has 0 aliphatic heterocycles. The third-order valence-electron chi connectivity index (χ3n) is 2.68. The summed E-state index contributed by atoms with van der Waals surface area (Å²) >= 11 is 6.40. The molecule has 23 heavy (non-hydrogen) atoms. The number of hydrogen-bond acceptors (Lipinski definition) is 7. The van der Waals surface area contributed by atoms with Crippen LogP contribution in [0.25, 0.3) is 0 Å². The smallest absolute Gasteiger partial charge is 0.372 e. The van der Waals surface area contributed by atoms with E-state index in [1.54, 1.807) is 0 Å². The Labute approximate surface area is 139 Å². The maximum Gasteiger partial charge on any atom is 0.372 e. The predicted octanol–water partition coefficient (Wildman–Crippen LogP) is 1.86. The average molecular weight is 374 g/mol. The summed E-state index contributed by atoms with van der Waals surface area (Å²) in [5.74, 6) is -3.88. The Morgan fingerprint density at radius 1 is 1.17 bits per heavy atom. The number of aromatic nitrogens is 1. The number of thiazole rings is 1. The van der Waals surface area contributed by atoms with Gasteiger partial charge in [-0.15, -0.1) is 11.3 Å². The Kier molecular flexibility index (Phi) is 4.93. The second-order valence-corrected chi connectivity index (χ2v) is 7.70. The lowest BCUT2D eigenvalue weighted by Gasteiger charge is -2.00. The molecule has 0 saturated carbocycles. The summed E-state index contributed by atoms with van der Waals surface area (Å²) in [6, 6.07) is 5.41. The van der Waals surface area contributed by atoms with Crippen LogP contribution < -0.4 is 0 Å². The molecule has 0 aliphatic carbocycles. The molecule has 2 aromatic rings. The highest BCUT2D eigenvalue weighted by molar-refractivity contribution is 7.93. The Hall–Kier alpha value is -2.10. The van der Waals surface area contributed by atoms with Crippen LogP contribution in [0.4, 0.5) is 0 Å². The first kappa shape index (κ1) is 17.3. The third-order valence-corrected chi connectivity index (χ3v) is 5.96. The van der Waals surface area contributed by atoms with E-state index in [1.165, 1.54) is 29.6 Å². The fraction of sp³-hybridized carbons (Fsp3) is 0.0769. The zero-order chi connectivity index (χ0) is 17.2. The molecule has 0 spiro atoms. The number of sulfone groups is 1. The maximum atomic E-state index is 12.3. The highest BCUT2D eigenvalue weighted by atomic mass is 35.5. The van der Waals surface area contributed by atoms with Crippen molar-refractivity contribution in [3.05, 3.63) is 40.4 Å². The zero-order valence-corrected chi connectivity index (χ0v) is 13.6. The van der Waals surface area contributed by atoms with E-state index in [4.69, 9.17) is 16.7 Å². The van der Waals surface area contributed by atoms with Crippen LogP contribution in [0.3, 0.4) is 0 Å². The normalized spacial score (nSPS) is 11.2. The number of carbonyl (C=O) groups excluding carboxylic acids is 2. The molecular formula is C13H8ClNO6S2. The summed E-state index contributed by atoms with van der Waals surface area (Å²) < 4.78 is 24.4. The summed E-state index contributed by atoms with van der Waals surface area (Å²) in [6.07, 6.45) is -0.875. The second-order valence-electron chi connectivity index (χ2n) is 4.28. The molecule has 0 bridgehead atoms. The van der Waals surface area contributed by atoms with Crippen LogP contribution in [0.15, 0.2) is 38.9 Å². The quantitative estimate of drug-likeness (QED) is 0.466. The van der Waals surface area contributed by atoms with Crippen LogP contribution in [0.1, 0.15) is 16.9 Å². The van der Waals surface area contributed by atoms with E-state index in [0.717, 1.165) is 0 Å². The molecular weight excluding hydrogens is 366 g/mol. The van der Waals surface area contributed by atoms with Crippen LogP contribution in [0, 0.1) is 0 Å². The molecule has 1 N–H and O–H groups in total. The lowest BCUT2D eigenvalue weighted by molar-refractivity contribution is -0.148. The molecule has 0 aliphatic rings. The first-order valence-corrected chi connectivity index (χ1v) is 8.71. The number of Topliss-reactive ketones (excluding diaryl/α,β-unsaturated/α-hetero) is 2. The maximum absolute atomic E-state index is 12.3. The molecule has 7 nitrogen and oxygen atoms in total. The Morgan fingerprint density at radius 2 is 1.78 bits per heavy atom. The molecule has 10 heteroatoms. The van der Waals surface area contributed by atoms with Crippen molar-refractivity contribution in [1.29, 1.82) is 0 Å². The summed E-state index contributed by atoms with van der Waals surface area (Å²) in [5.41, 5.74) is -0.267. The summed E-state index contributed by atoms with van der Waals surface area (Å²) in [4.78, 5) is 36.8. The number of carboxylic acids is 1. The molecule has 0 amide bonds. The third kappa shape index (κ3) is 3.81. The van der Waals surface area contributed by atoms with Gasteiger partial charge >= 0.3 is 5.97 Å². The Bertz CT molecular complexity index is 885. The highest BCUT2D eigenvalue weighted by Gasteiger charge is 2.25. The van der Waals surface area contributed by atoms with Gasteiger partial charge in [-0.1, -0.05) is 11.6 Å². The minimum absolute atomic E-state index is 0.0446. The van der Waals surface area contributed by atoms with Gasteiger partial charge in [-0.25, -0.2) is 18.2 Å². The van der Waals surface area contributed by atoms with Gasteiger partial charge in [-0.2, -0.15) is 0 Å². The van der Waals surface area contributed by atoms with Crippen LogP contribution in [-0.2, 0) is 19.4 Å². The van der Waals surface area contributed by atoms with Gasteiger partial charge in [0.1, 0.15) is 5.69 Å². The number of aliphatic carboxylic acids is 1. The molecule has 1 aromatic carbocycles. The number of benzene rings is 1. The lowest BCUT2D eigenvalue weighted by atomic mass is 10.2. The monoisotopic (exact) mass is 373 g/mol. The van der Waals surface area contributed by atoms with Crippen molar-refractivity contribution in [1.82, 2.24) is 4.98 Å². The number of nitrogens with zero attached hydrogens (tertiary/aromatic N) is 1. The molecule has 0 radical (unpaired) electrons. The van der Waals surface area contributed by atoms with E-state index in [0.29, 0.717) is 16.4 Å². The molecule has 1 aromatic heterocycles. The molecule has 1 heterocycles. The number of carbonyl (C=O) groups is 3. The van der Waals surface area contributed by atoms with Gasteiger partial charge in [-0.05, 0) is 24.3 Å².